The zero-order valence-electron chi connectivity index (χ0n) is 14.8. The Hall–Kier alpha value is -3.28. The molecule has 0 spiro atoms. The monoisotopic (exact) mass is 350 g/mol. The van der Waals surface area contributed by atoms with Crippen LogP contribution in [0.2, 0.25) is 0 Å². The third-order valence-corrected chi connectivity index (χ3v) is 4.16. The molecule has 26 heavy (non-hydrogen) atoms. The molecule has 0 radical (unpaired) electrons. The van der Waals surface area contributed by atoms with E-state index in [4.69, 9.17) is 4.74 Å². The fourth-order valence-electron chi connectivity index (χ4n) is 2.60. The van der Waals surface area contributed by atoms with Gasteiger partial charge in [0.05, 0.1) is 19.5 Å². The topological polar surface area (TPSA) is 68.2 Å². The molecule has 1 heterocycles. The number of urea groups is 1. The molecule has 0 saturated carbocycles. The molecule has 1 aromatic heterocycles. The van der Waals surface area contributed by atoms with Crippen LogP contribution in [0.3, 0.4) is 0 Å². The van der Waals surface area contributed by atoms with Gasteiger partial charge in [-0.1, -0.05) is 24.3 Å². The van der Waals surface area contributed by atoms with Crippen molar-refractivity contribution in [3.63, 3.8) is 0 Å². The van der Waals surface area contributed by atoms with E-state index in [1.807, 2.05) is 66.2 Å². The fraction of sp³-hybridized carbons (Fsp3) is 0.200. The summed E-state index contributed by atoms with van der Waals surface area (Å²) in [6.07, 6.45) is 5.39. The lowest BCUT2D eigenvalue weighted by atomic mass is 10.1. The van der Waals surface area contributed by atoms with Crippen molar-refractivity contribution in [2.24, 2.45) is 0 Å². The molecule has 0 fully saturated rings. The lowest BCUT2D eigenvalue weighted by Gasteiger charge is -2.16. The van der Waals surface area contributed by atoms with Gasteiger partial charge in [-0.3, -0.25) is 0 Å². The number of benzene rings is 2. The van der Waals surface area contributed by atoms with Crippen LogP contribution in [0.5, 0.6) is 5.75 Å². The Kier molecular flexibility index (Phi) is 5.53. The van der Waals surface area contributed by atoms with Crippen LogP contribution in [-0.2, 0) is 6.54 Å². The van der Waals surface area contributed by atoms with Crippen molar-refractivity contribution in [3.8, 4) is 11.4 Å². The summed E-state index contributed by atoms with van der Waals surface area (Å²) in [7, 11) is 1.63. The molecule has 6 nitrogen and oxygen atoms in total. The van der Waals surface area contributed by atoms with E-state index in [1.54, 1.807) is 19.6 Å². The highest BCUT2D eigenvalue weighted by molar-refractivity contribution is 5.74. The summed E-state index contributed by atoms with van der Waals surface area (Å²) in [5.41, 5.74) is 3.08. The zero-order chi connectivity index (χ0) is 18.4. The number of carbonyl (C=O) groups is 1. The molecular formula is C20H22N4O2. The maximum atomic E-state index is 12.1. The molecule has 0 unspecified atom stereocenters. The Labute approximate surface area is 152 Å². The molecule has 3 rings (SSSR count). The highest BCUT2D eigenvalue weighted by atomic mass is 16.5. The third-order valence-electron chi connectivity index (χ3n) is 4.16. The quantitative estimate of drug-likeness (QED) is 0.715. The van der Waals surface area contributed by atoms with E-state index in [9.17, 15) is 4.79 Å². The van der Waals surface area contributed by atoms with Crippen LogP contribution < -0.4 is 15.4 Å². The Morgan fingerprint density at radius 3 is 2.50 bits per heavy atom. The van der Waals surface area contributed by atoms with Gasteiger partial charge < -0.3 is 19.9 Å². The first-order chi connectivity index (χ1) is 12.7. The Bertz CT molecular complexity index is 827. The summed E-state index contributed by atoms with van der Waals surface area (Å²) in [5.74, 6) is 0.797. The molecule has 1 atom stereocenters. The summed E-state index contributed by atoms with van der Waals surface area (Å²) in [6, 6.07) is 15.3. The Balaban J connectivity index is 1.51. The minimum Gasteiger partial charge on any atom is -0.497 e. The molecule has 2 aromatic carbocycles. The van der Waals surface area contributed by atoms with E-state index in [-0.39, 0.29) is 12.1 Å². The molecule has 0 aliphatic rings. The number of nitrogens with one attached hydrogen (secondary N) is 2. The molecule has 0 aliphatic heterocycles. The van der Waals surface area contributed by atoms with E-state index in [2.05, 4.69) is 15.6 Å². The van der Waals surface area contributed by atoms with Gasteiger partial charge in [-0.15, -0.1) is 0 Å². The fourth-order valence-corrected chi connectivity index (χ4v) is 2.60. The van der Waals surface area contributed by atoms with Crippen LogP contribution in [0.4, 0.5) is 4.79 Å². The molecule has 134 valence electrons. The minimum atomic E-state index is -0.202. The minimum absolute atomic E-state index is 0.0947. The number of carbonyl (C=O) groups excluding carboxylic acids is 1. The van der Waals surface area contributed by atoms with Gasteiger partial charge in [0.2, 0.25) is 0 Å². The summed E-state index contributed by atoms with van der Waals surface area (Å²) in [4.78, 5) is 16.2. The molecule has 0 aliphatic carbocycles. The van der Waals surface area contributed by atoms with Crippen molar-refractivity contribution < 1.29 is 9.53 Å². The number of rotatable bonds is 6. The van der Waals surface area contributed by atoms with Crippen LogP contribution in [0, 0.1) is 0 Å². The summed E-state index contributed by atoms with van der Waals surface area (Å²) < 4.78 is 7.06. The van der Waals surface area contributed by atoms with Gasteiger partial charge in [-0.05, 0) is 42.3 Å². The predicted molar refractivity (Wildman–Crippen MR) is 100 cm³/mol. The molecule has 2 amide bonds. The lowest BCUT2D eigenvalue weighted by molar-refractivity contribution is 0.237. The van der Waals surface area contributed by atoms with Gasteiger partial charge >= 0.3 is 6.03 Å². The first-order valence-electron chi connectivity index (χ1n) is 8.41. The van der Waals surface area contributed by atoms with Crippen molar-refractivity contribution in [1.29, 1.82) is 0 Å². The lowest BCUT2D eigenvalue weighted by Crippen LogP contribution is -2.36. The molecule has 6 heteroatoms. The number of nitrogens with zero attached hydrogens (tertiary/aromatic N) is 2. The number of hydrogen-bond donors (Lipinski definition) is 2. The highest BCUT2D eigenvalue weighted by Gasteiger charge is 2.09. The SMILES string of the molecule is COc1ccc(CNC(=O)N[C@@H](C)c2ccc(-n3ccnc3)cc2)cc1. The largest absolute Gasteiger partial charge is 0.497 e. The smallest absolute Gasteiger partial charge is 0.315 e. The first-order valence-corrected chi connectivity index (χ1v) is 8.41. The average molecular weight is 350 g/mol. The summed E-state index contributed by atoms with van der Waals surface area (Å²) >= 11 is 0. The number of ether oxygens (including phenoxy) is 1. The van der Waals surface area contributed by atoms with E-state index in [1.165, 1.54) is 0 Å². The van der Waals surface area contributed by atoms with E-state index >= 15 is 0 Å². The maximum Gasteiger partial charge on any atom is 0.315 e. The van der Waals surface area contributed by atoms with Gasteiger partial charge in [-0.2, -0.15) is 0 Å². The van der Waals surface area contributed by atoms with Crippen molar-refractivity contribution in [2.75, 3.05) is 7.11 Å². The van der Waals surface area contributed by atoms with Gasteiger partial charge in [0.25, 0.3) is 0 Å². The number of hydrogen-bond acceptors (Lipinski definition) is 3. The number of imidazole rings is 1. The Morgan fingerprint density at radius 2 is 1.88 bits per heavy atom. The predicted octanol–water partition coefficient (Wildman–Crippen LogP) is 3.44. The van der Waals surface area contributed by atoms with Gasteiger partial charge in [0, 0.05) is 24.6 Å². The van der Waals surface area contributed by atoms with Crippen LogP contribution in [0.15, 0.2) is 67.3 Å². The second-order valence-corrected chi connectivity index (χ2v) is 5.96. The molecule has 0 saturated heterocycles. The zero-order valence-corrected chi connectivity index (χ0v) is 14.8. The van der Waals surface area contributed by atoms with Crippen molar-refractivity contribution in [3.05, 3.63) is 78.4 Å². The van der Waals surface area contributed by atoms with Crippen molar-refractivity contribution >= 4 is 6.03 Å². The standard InChI is InChI=1S/C20H22N4O2/c1-15(17-5-7-18(8-6-17)24-12-11-21-14-24)23-20(25)22-13-16-3-9-19(26-2)10-4-16/h3-12,14-15H,13H2,1-2H3,(H2,22,23,25)/t15-/m0/s1. The Morgan fingerprint density at radius 1 is 1.15 bits per heavy atom. The average Bonchev–Trinajstić information content (AvgIpc) is 3.21. The first kappa shape index (κ1) is 17.5. The second-order valence-electron chi connectivity index (χ2n) is 5.96. The molecule has 3 aromatic rings. The van der Waals surface area contributed by atoms with Crippen LogP contribution >= 0.6 is 0 Å². The number of aromatic nitrogens is 2. The number of amides is 2. The molecule has 0 bridgehead atoms. The summed E-state index contributed by atoms with van der Waals surface area (Å²) in [6.45, 7) is 2.42. The van der Waals surface area contributed by atoms with Gasteiger partial charge in [0.15, 0.2) is 0 Å². The van der Waals surface area contributed by atoms with Crippen LogP contribution in [0.25, 0.3) is 5.69 Å². The van der Waals surface area contributed by atoms with E-state index in [0.29, 0.717) is 6.54 Å². The van der Waals surface area contributed by atoms with Crippen LogP contribution in [0.1, 0.15) is 24.1 Å². The van der Waals surface area contributed by atoms with Gasteiger partial charge in [-0.25, -0.2) is 9.78 Å². The normalized spacial score (nSPS) is 11.6. The van der Waals surface area contributed by atoms with E-state index in [0.717, 1.165) is 22.6 Å². The molecule has 2 N–H and O–H groups in total. The molecular weight excluding hydrogens is 328 g/mol. The van der Waals surface area contributed by atoms with Crippen LogP contribution in [-0.4, -0.2) is 22.7 Å². The van der Waals surface area contributed by atoms with E-state index < -0.39 is 0 Å². The third kappa shape index (κ3) is 4.42. The maximum absolute atomic E-state index is 12.1. The van der Waals surface area contributed by atoms with Crippen molar-refractivity contribution in [1.82, 2.24) is 20.2 Å². The van der Waals surface area contributed by atoms with Crippen molar-refractivity contribution in [2.45, 2.75) is 19.5 Å². The number of methoxy groups -OCH3 is 1. The second kappa shape index (κ2) is 8.20. The highest BCUT2D eigenvalue weighted by Crippen LogP contribution is 2.16. The van der Waals surface area contributed by atoms with Gasteiger partial charge in [0.1, 0.15) is 5.75 Å². The summed E-state index contributed by atoms with van der Waals surface area (Å²) in [5, 5.41) is 5.82.